The van der Waals surface area contributed by atoms with Gasteiger partial charge in [0.15, 0.2) is 5.58 Å². The number of aromatic nitrogens is 2. The van der Waals surface area contributed by atoms with Crippen molar-refractivity contribution in [3.63, 3.8) is 0 Å². The molecule has 4 aromatic rings. The van der Waals surface area contributed by atoms with Crippen molar-refractivity contribution >= 4 is 17.0 Å². The maximum atomic E-state index is 13.6. The van der Waals surface area contributed by atoms with Gasteiger partial charge in [0.25, 0.3) is 5.91 Å². The molecule has 0 aliphatic heterocycles. The average Bonchev–Trinajstić information content (AvgIpc) is 3.11. The van der Waals surface area contributed by atoms with Gasteiger partial charge >= 0.3 is 0 Å². The van der Waals surface area contributed by atoms with Gasteiger partial charge in [-0.1, -0.05) is 18.2 Å². The topological polar surface area (TPSA) is 68.0 Å². The molecule has 0 unspecified atom stereocenters. The molecule has 0 bridgehead atoms. The van der Waals surface area contributed by atoms with E-state index in [-0.39, 0.29) is 18.3 Å². The van der Waals surface area contributed by atoms with E-state index in [2.05, 4.69) is 15.3 Å². The SMILES string of the molecule is O=C(NCc1ccccc1F)c1ccc2nc(-c3cccnc3)oc2c1. The largest absolute Gasteiger partial charge is 0.436 e. The smallest absolute Gasteiger partial charge is 0.251 e. The molecular weight excluding hydrogens is 333 g/mol. The van der Waals surface area contributed by atoms with Gasteiger partial charge in [-0.05, 0) is 36.4 Å². The lowest BCUT2D eigenvalue weighted by atomic mass is 10.1. The summed E-state index contributed by atoms with van der Waals surface area (Å²) < 4.78 is 19.4. The van der Waals surface area contributed by atoms with Crippen LogP contribution < -0.4 is 5.32 Å². The summed E-state index contributed by atoms with van der Waals surface area (Å²) in [5.41, 5.74) is 2.76. The molecule has 2 aromatic heterocycles. The Bertz CT molecular complexity index is 1080. The fourth-order valence-electron chi connectivity index (χ4n) is 2.60. The summed E-state index contributed by atoms with van der Waals surface area (Å²) in [5, 5.41) is 2.71. The van der Waals surface area contributed by atoms with Gasteiger partial charge in [0.1, 0.15) is 11.3 Å². The monoisotopic (exact) mass is 347 g/mol. The molecule has 1 amide bonds. The van der Waals surface area contributed by atoms with Crippen molar-refractivity contribution in [3.05, 3.63) is 83.9 Å². The average molecular weight is 347 g/mol. The molecule has 0 aliphatic carbocycles. The Morgan fingerprint density at radius 3 is 2.81 bits per heavy atom. The molecule has 0 spiro atoms. The zero-order valence-electron chi connectivity index (χ0n) is 13.6. The Morgan fingerprint density at radius 2 is 2.00 bits per heavy atom. The van der Waals surface area contributed by atoms with Gasteiger partial charge in [0.2, 0.25) is 5.89 Å². The van der Waals surface area contributed by atoms with E-state index < -0.39 is 0 Å². The Balaban J connectivity index is 1.55. The minimum Gasteiger partial charge on any atom is -0.436 e. The van der Waals surface area contributed by atoms with Crippen molar-refractivity contribution in [1.82, 2.24) is 15.3 Å². The first-order valence-electron chi connectivity index (χ1n) is 8.03. The van der Waals surface area contributed by atoms with Crippen molar-refractivity contribution in [2.45, 2.75) is 6.54 Å². The molecule has 0 saturated carbocycles. The van der Waals surface area contributed by atoms with E-state index in [1.807, 2.05) is 6.07 Å². The molecule has 1 N–H and O–H groups in total. The van der Waals surface area contributed by atoms with Crippen LogP contribution in [-0.2, 0) is 6.54 Å². The Kier molecular flexibility index (Phi) is 4.15. The highest BCUT2D eigenvalue weighted by molar-refractivity contribution is 5.97. The second-order valence-electron chi connectivity index (χ2n) is 5.72. The molecule has 26 heavy (non-hydrogen) atoms. The first kappa shape index (κ1) is 16.0. The number of pyridine rings is 1. The van der Waals surface area contributed by atoms with Gasteiger partial charge < -0.3 is 9.73 Å². The van der Waals surface area contributed by atoms with Crippen LogP contribution in [0, 0.1) is 5.82 Å². The number of hydrogen-bond donors (Lipinski definition) is 1. The van der Waals surface area contributed by atoms with E-state index in [1.54, 1.807) is 54.9 Å². The van der Waals surface area contributed by atoms with Crippen LogP contribution in [0.15, 0.2) is 71.4 Å². The lowest BCUT2D eigenvalue weighted by Gasteiger charge is -2.06. The van der Waals surface area contributed by atoms with Crippen molar-refractivity contribution in [1.29, 1.82) is 0 Å². The molecule has 2 heterocycles. The van der Waals surface area contributed by atoms with E-state index in [4.69, 9.17) is 4.42 Å². The van der Waals surface area contributed by atoms with Crippen LogP contribution >= 0.6 is 0 Å². The maximum Gasteiger partial charge on any atom is 0.251 e. The number of benzene rings is 2. The lowest BCUT2D eigenvalue weighted by Crippen LogP contribution is -2.23. The third-order valence-electron chi connectivity index (χ3n) is 3.96. The first-order valence-corrected chi connectivity index (χ1v) is 8.03. The van der Waals surface area contributed by atoms with Gasteiger partial charge in [-0.15, -0.1) is 0 Å². The number of amides is 1. The minimum absolute atomic E-state index is 0.112. The lowest BCUT2D eigenvalue weighted by molar-refractivity contribution is 0.0950. The quantitative estimate of drug-likeness (QED) is 0.607. The zero-order valence-corrected chi connectivity index (χ0v) is 13.6. The highest BCUT2D eigenvalue weighted by Gasteiger charge is 2.12. The van der Waals surface area contributed by atoms with Crippen molar-refractivity contribution in [2.75, 3.05) is 0 Å². The maximum absolute atomic E-state index is 13.6. The molecule has 6 heteroatoms. The fraction of sp³-hybridized carbons (Fsp3) is 0.0500. The number of nitrogens with one attached hydrogen (secondary N) is 1. The van der Waals surface area contributed by atoms with Crippen LogP contribution in [0.2, 0.25) is 0 Å². The number of oxazole rings is 1. The summed E-state index contributed by atoms with van der Waals surface area (Å²) in [6, 6.07) is 15.0. The van der Waals surface area contributed by atoms with E-state index in [0.717, 1.165) is 5.56 Å². The summed E-state index contributed by atoms with van der Waals surface area (Å²) >= 11 is 0. The van der Waals surface area contributed by atoms with E-state index >= 15 is 0 Å². The number of carbonyl (C=O) groups is 1. The molecular formula is C20H14FN3O2. The molecule has 0 fully saturated rings. The zero-order chi connectivity index (χ0) is 17.9. The summed E-state index contributed by atoms with van der Waals surface area (Å²) in [6.07, 6.45) is 3.33. The third kappa shape index (κ3) is 3.17. The van der Waals surface area contributed by atoms with E-state index in [9.17, 15) is 9.18 Å². The van der Waals surface area contributed by atoms with Gasteiger partial charge in [0, 0.05) is 30.1 Å². The van der Waals surface area contributed by atoms with Gasteiger partial charge in [-0.3, -0.25) is 9.78 Å². The fourth-order valence-corrected chi connectivity index (χ4v) is 2.60. The van der Waals surface area contributed by atoms with Crippen LogP contribution in [0.4, 0.5) is 4.39 Å². The normalized spacial score (nSPS) is 10.8. The molecule has 0 aliphatic rings. The number of carbonyl (C=O) groups excluding carboxylic acids is 1. The molecule has 0 atom stereocenters. The van der Waals surface area contributed by atoms with Crippen LogP contribution in [0.3, 0.4) is 0 Å². The van der Waals surface area contributed by atoms with Crippen LogP contribution in [-0.4, -0.2) is 15.9 Å². The second kappa shape index (κ2) is 6.76. The Labute approximate surface area is 148 Å². The summed E-state index contributed by atoms with van der Waals surface area (Å²) in [7, 11) is 0. The number of nitrogens with zero attached hydrogens (tertiary/aromatic N) is 2. The Hall–Kier alpha value is -3.54. The van der Waals surface area contributed by atoms with Crippen LogP contribution in [0.5, 0.6) is 0 Å². The first-order chi connectivity index (χ1) is 12.7. The Morgan fingerprint density at radius 1 is 1.12 bits per heavy atom. The molecule has 5 nitrogen and oxygen atoms in total. The number of fused-ring (bicyclic) bond motifs is 1. The molecule has 0 radical (unpaired) electrons. The highest BCUT2D eigenvalue weighted by atomic mass is 19.1. The van der Waals surface area contributed by atoms with Gasteiger partial charge in [-0.2, -0.15) is 0 Å². The highest BCUT2D eigenvalue weighted by Crippen LogP contribution is 2.24. The van der Waals surface area contributed by atoms with Crippen molar-refractivity contribution in [3.8, 4) is 11.5 Å². The van der Waals surface area contributed by atoms with Gasteiger partial charge in [0.05, 0.1) is 5.56 Å². The summed E-state index contributed by atoms with van der Waals surface area (Å²) in [4.78, 5) is 20.8. The predicted octanol–water partition coefficient (Wildman–Crippen LogP) is 3.96. The summed E-state index contributed by atoms with van der Waals surface area (Å²) in [6.45, 7) is 0.112. The standard InChI is InChI=1S/C20H14FN3O2/c21-16-6-2-1-4-14(16)12-23-19(25)13-7-8-17-18(10-13)26-20(24-17)15-5-3-9-22-11-15/h1-11H,12H2,(H,23,25). The molecule has 0 saturated heterocycles. The predicted molar refractivity (Wildman–Crippen MR) is 94.8 cm³/mol. The van der Waals surface area contributed by atoms with E-state index in [1.165, 1.54) is 6.07 Å². The van der Waals surface area contributed by atoms with Gasteiger partial charge in [-0.25, -0.2) is 9.37 Å². The molecule has 4 rings (SSSR count). The third-order valence-corrected chi connectivity index (χ3v) is 3.96. The van der Waals surface area contributed by atoms with Crippen LogP contribution in [0.25, 0.3) is 22.6 Å². The van der Waals surface area contributed by atoms with Crippen molar-refractivity contribution in [2.24, 2.45) is 0 Å². The molecule has 2 aromatic carbocycles. The number of halogens is 1. The number of hydrogen-bond acceptors (Lipinski definition) is 4. The second-order valence-corrected chi connectivity index (χ2v) is 5.72. The van der Waals surface area contributed by atoms with Crippen LogP contribution in [0.1, 0.15) is 15.9 Å². The minimum atomic E-state index is -0.348. The molecule has 128 valence electrons. The number of rotatable bonds is 4. The van der Waals surface area contributed by atoms with Crippen molar-refractivity contribution < 1.29 is 13.6 Å². The van der Waals surface area contributed by atoms with E-state index in [0.29, 0.717) is 28.1 Å². The summed E-state index contributed by atoms with van der Waals surface area (Å²) in [5.74, 6) is -0.217.